The van der Waals surface area contributed by atoms with Gasteiger partial charge in [0.25, 0.3) is 0 Å². The van der Waals surface area contributed by atoms with E-state index in [-0.39, 0.29) is 0 Å². The molecule has 4 aromatic rings. The quantitative estimate of drug-likeness (QED) is 0.229. The van der Waals surface area contributed by atoms with Gasteiger partial charge >= 0.3 is 0 Å². The monoisotopic (exact) mass is 485 g/mol. The van der Waals surface area contributed by atoms with Crippen LogP contribution in [0, 0.1) is 6.92 Å². The van der Waals surface area contributed by atoms with Gasteiger partial charge in [0, 0.05) is 39.9 Å². The third-order valence-electron chi connectivity index (χ3n) is 6.41. The van der Waals surface area contributed by atoms with E-state index in [0.29, 0.717) is 5.02 Å². The first-order chi connectivity index (χ1) is 17.0. The Morgan fingerprint density at radius 1 is 0.829 bits per heavy atom. The SMILES string of the molecule is CCN(C)Cc1ccc(OC)cc1OC(c1ccccc1)(c1ccc(C)cc1)c1ccccc1Cl. The first-order valence-corrected chi connectivity index (χ1v) is 12.3. The first kappa shape index (κ1) is 24.8. The molecule has 4 aromatic carbocycles. The van der Waals surface area contributed by atoms with Gasteiger partial charge in [-0.15, -0.1) is 0 Å². The number of hydrogen-bond donors (Lipinski definition) is 0. The molecule has 0 saturated carbocycles. The predicted molar refractivity (Wildman–Crippen MR) is 145 cm³/mol. The van der Waals surface area contributed by atoms with Crippen LogP contribution in [0.4, 0.5) is 0 Å². The minimum atomic E-state index is -0.973. The fourth-order valence-corrected chi connectivity index (χ4v) is 4.58. The second-order valence-electron chi connectivity index (χ2n) is 8.80. The fourth-order valence-electron chi connectivity index (χ4n) is 4.31. The molecule has 0 aliphatic rings. The number of halogens is 1. The lowest BCUT2D eigenvalue weighted by molar-refractivity contribution is 0.151. The fraction of sp³-hybridized carbons (Fsp3) is 0.226. The van der Waals surface area contributed by atoms with E-state index in [0.717, 1.165) is 46.8 Å². The van der Waals surface area contributed by atoms with Gasteiger partial charge in [-0.25, -0.2) is 0 Å². The van der Waals surface area contributed by atoms with E-state index in [9.17, 15) is 0 Å². The van der Waals surface area contributed by atoms with E-state index in [1.54, 1.807) is 7.11 Å². The van der Waals surface area contributed by atoms with E-state index in [1.807, 2.05) is 54.6 Å². The molecule has 180 valence electrons. The Morgan fingerprint density at radius 3 is 2.14 bits per heavy atom. The second kappa shape index (κ2) is 11.0. The summed E-state index contributed by atoms with van der Waals surface area (Å²) in [5.74, 6) is 1.50. The van der Waals surface area contributed by atoms with Crippen LogP contribution in [0.1, 0.15) is 34.7 Å². The van der Waals surface area contributed by atoms with Gasteiger partial charge in [0.2, 0.25) is 0 Å². The molecule has 0 fully saturated rings. The molecule has 1 unspecified atom stereocenters. The van der Waals surface area contributed by atoms with Crippen molar-refractivity contribution in [2.24, 2.45) is 0 Å². The van der Waals surface area contributed by atoms with Crippen LogP contribution in [-0.4, -0.2) is 25.6 Å². The summed E-state index contributed by atoms with van der Waals surface area (Å²) in [7, 11) is 3.78. The zero-order valence-corrected chi connectivity index (χ0v) is 21.5. The highest BCUT2D eigenvalue weighted by molar-refractivity contribution is 6.31. The molecule has 0 amide bonds. The van der Waals surface area contributed by atoms with Crippen molar-refractivity contribution in [2.45, 2.75) is 26.0 Å². The molecular weight excluding hydrogens is 454 g/mol. The summed E-state index contributed by atoms with van der Waals surface area (Å²) >= 11 is 6.90. The van der Waals surface area contributed by atoms with Crippen LogP contribution >= 0.6 is 11.6 Å². The number of methoxy groups -OCH3 is 1. The van der Waals surface area contributed by atoms with Gasteiger partial charge < -0.3 is 14.4 Å². The molecule has 0 radical (unpaired) electrons. The van der Waals surface area contributed by atoms with E-state index in [2.05, 4.69) is 68.3 Å². The second-order valence-corrected chi connectivity index (χ2v) is 9.21. The van der Waals surface area contributed by atoms with Gasteiger partial charge in [0.1, 0.15) is 11.5 Å². The minimum absolute atomic E-state index is 0.645. The maximum atomic E-state index is 7.21. The Hall–Kier alpha value is -3.27. The van der Waals surface area contributed by atoms with E-state index >= 15 is 0 Å². The molecule has 0 aromatic heterocycles. The molecule has 4 rings (SSSR count). The molecule has 0 aliphatic carbocycles. The smallest absolute Gasteiger partial charge is 0.186 e. The summed E-state index contributed by atoms with van der Waals surface area (Å²) in [6.45, 7) is 5.91. The van der Waals surface area contributed by atoms with Crippen molar-refractivity contribution >= 4 is 11.6 Å². The number of aryl methyl sites for hydroxylation is 1. The Morgan fingerprint density at radius 2 is 1.49 bits per heavy atom. The molecule has 4 heteroatoms. The predicted octanol–water partition coefficient (Wildman–Crippen LogP) is 7.48. The summed E-state index contributed by atoms with van der Waals surface area (Å²) in [6, 6.07) is 32.7. The van der Waals surface area contributed by atoms with Gasteiger partial charge in [-0.05, 0) is 32.6 Å². The average molecular weight is 486 g/mol. The zero-order valence-electron chi connectivity index (χ0n) is 20.8. The van der Waals surface area contributed by atoms with Crippen LogP contribution in [0.5, 0.6) is 11.5 Å². The van der Waals surface area contributed by atoms with Gasteiger partial charge in [0.05, 0.1) is 7.11 Å². The Bertz CT molecular complexity index is 1260. The third kappa shape index (κ3) is 5.22. The van der Waals surface area contributed by atoms with Gasteiger partial charge in [0.15, 0.2) is 5.60 Å². The number of rotatable bonds is 9. The summed E-state index contributed by atoms with van der Waals surface area (Å²) in [5.41, 5.74) is 4.17. The maximum Gasteiger partial charge on any atom is 0.186 e. The van der Waals surface area contributed by atoms with Gasteiger partial charge in [-0.3, -0.25) is 0 Å². The topological polar surface area (TPSA) is 21.7 Å². The molecule has 0 N–H and O–H groups in total. The van der Waals surface area contributed by atoms with E-state index in [4.69, 9.17) is 21.1 Å². The normalized spacial score (nSPS) is 12.9. The van der Waals surface area contributed by atoms with E-state index in [1.165, 1.54) is 5.56 Å². The molecule has 3 nitrogen and oxygen atoms in total. The van der Waals surface area contributed by atoms with Crippen molar-refractivity contribution in [1.82, 2.24) is 4.90 Å². The largest absolute Gasteiger partial charge is 0.497 e. The molecule has 0 saturated heterocycles. The summed E-state index contributed by atoms with van der Waals surface area (Å²) in [4.78, 5) is 2.25. The van der Waals surface area contributed by atoms with Crippen molar-refractivity contribution in [3.8, 4) is 11.5 Å². The number of nitrogens with zero attached hydrogens (tertiary/aromatic N) is 1. The van der Waals surface area contributed by atoms with Crippen LogP contribution in [0.15, 0.2) is 97.1 Å². The highest BCUT2D eigenvalue weighted by atomic mass is 35.5. The molecule has 0 bridgehead atoms. The van der Waals surface area contributed by atoms with Crippen LogP contribution in [0.3, 0.4) is 0 Å². The first-order valence-electron chi connectivity index (χ1n) is 11.9. The third-order valence-corrected chi connectivity index (χ3v) is 6.74. The summed E-state index contributed by atoms with van der Waals surface area (Å²) in [5, 5.41) is 0.645. The lowest BCUT2D eigenvalue weighted by Crippen LogP contribution is -2.37. The maximum absolute atomic E-state index is 7.21. The van der Waals surface area contributed by atoms with Gasteiger partial charge in [-0.1, -0.05) is 103 Å². The lowest BCUT2D eigenvalue weighted by atomic mass is 9.79. The van der Waals surface area contributed by atoms with Crippen LogP contribution in [0.2, 0.25) is 5.02 Å². The van der Waals surface area contributed by atoms with Crippen LogP contribution < -0.4 is 9.47 Å². The van der Waals surface area contributed by atoms with Gasteiger partial charge in [-0.2, -0.15) is 0 Å². The molecule has 0 heterocycles. The molecular formula is C31H32ClNO2. The number of ether oxygens (including phenoxy) is 2. The van der Waals surface area contributed by atoms with Crippen molar-refractivity contribution in [3.05, 3.63) is 130 Å². The van der Waals surface area contributed by atoms with Crippen molar-refractivity contribution in [1.29, 1.82) is 0 Å². The zero-order chi connectivity index (χ0) is 24.8. The Balaban J connectivity index is 2.02. The Kier molecular flexibility index (Phi) is 7.80. The van der Waals surface area contributed by atoms with Crippen molar-refractivity contribution in [2.75, 3.05) is 20.7 Å². The van der Waals surface area contributed by atoms with Crippen molar-refractivity contribution < 1.29 is 9.47 Å². The standard InChI is InChI=1S/C31H32ClNO2/c1-5-33(3)22-24-17-20-27(34-4)21-30(24)35-31(25-11-7-6-8-12-25,26-18-15-23(2)16-19-26)28-13-9-10-14-29(28)32/h6-21H,5,22H2,1-4H3. The highest BCUT2D eigenvalue weighted by Gasteiger charge is 2.41. The molecule has 0 spiro atoms. The van der Waals surface area contributed by atoms with Crippen LogP contribution in [-0.2, 0) is 12.1 Å². The summed E-state index contributed by atoms with van der Waals surface area (Å²) in [6.07, 6.45) is 0. The summed E-state index contributed by atoms with van der Waals surface area (Å²) < 4.78 is 12.8. The number of hydrogen-bond acceptors (Lipinski definition) is 3. The number of benzene rings is 4. The van der Waals surface area contributed by atoms with E-state index < -0.39 is 5.60 Å². The lowest BCUT2D eigenvalue weighted by Gasteiger charge is -2.38. The average Bonchev–Trinajstić information content (AvgIpc) is 2.89. The molecule has 0 aliphatic heterocycles. The van der Waals surface area contributed by atoms with Crippen molar-refractivity contribution in [3.63, 3.8) is 0 Å². The van der Waals surface area contributed by atoms with Crippen LogP contribution in [0.25, 0.3) is 0 Å². The molecule has 1 atom stereocenters. The highest BCUT2D eigenvalue weighted by Crippen LogP contribution is 2.45. The Labute approximate surface area is 213 Å². The molecule has 35 heavy (non-hydrogen) atoms. The minimum Gasteiger partial charge on any atom is -0.497 e.